The first-order valence-electron chi connectivity index (χ1n) is 8.96. The Kier molecular flexibility index (Phi) is 8.41. The fraction of sp³-hybridized carbons (Fsp3) is 0.500. The number of esters is 1. The number of halogens is 1. The Bertz CT molecular complexity index is 649. The molecule has 3 N–H and O–H groups in total. The molecule has 0 aromatic heterocycles. The van der Waals surface area contributed by atoms with E-state index in [1.165, 1.54) is 24.1 Å². The van der Waals surface area contributed by atoms with E-state index in [9.17, 15) is 14.0 Å². The standard InChI is InChI=1S/C18H25FN4O3S/c1-26-17(25)3-2-8-20-18(27)23-11-9-22(10-12-23)13-16(24)21-15-6-4-14(19)5-7-15/h4-7H,2-3,8-13H2,1H3,(H,20,27)(H,21,24)/p+1. The second-order valence-corrected chi connectivity index (χ2v) is 6.77. The van der Waals surface area contributed by atoms with Crippen LogP contribution in [0.25, 0.3) is 0 Å². The van der Waals surface area contributed by atoms with Gasteiger partial charge in [-0.1, -0.05) is 0 Å². The number of hydrogen-bond donors (Lipinski definition) is 3. The minimum Gasteiger partial charge on any atom is -0.469 e. The Hall–Kier alpha value is -2.26. The van der Waals surface area contributed by atoms with Crippen LogP contribution in [0.15, 0.2) is 24.3 Å². The number of nitrogens with one attached hydrogen (secondary N) is 3. The molecular weight excluding hydrogens is 371 g/mol. The zero-order valence-electron chi connectivity index (χ0n) is 15.4. The molecule has 9 heteroatoms. The van der Waals surface area contributed by atoms with Crippen LogP contribution in [0.3, 0.4) is 0 Å². The van der Waals surface area contributed by atoms with Crippen molar-refractivity contribution >= 4 is 34.9 Å². The quantitative estimate of drug-likeness (QED) is 0.336. The number of benzene rings is 1. The van der Waals surface area contributed by atoms with E-state index in [1.54, 1.807) is 12.1 Å². The van der Waals surface area contributed by atoms with Gasteiger partial charge in [-0.3, -0.25) is 9.59 Å². The summed E-state index contributed by atoms with van der Waals surface area (Å²) in [6.07, 6.45) is 1.04. The molecule has 27 heavy (non-hydrogen) atoms. The molecule has 1 fully saturated rings. The molecule has 0 saturated carbocycles. The number of rotatable bonds is 7. The summed E-state index contributed by atoms with van der Waals surface area (Å²) in [5, 5.41) is 6.61. The summed E-state index contributed by atoms with van der Waals surface area (Å²) in [6.45, 7) is 4.14. The normalized spacial score (nSPS) is 14.5. The molecule has 1 saturated heterocycles. The van der Waals surface area contributed by atoms with E-state index in [2.05, 4.69) is 20.3 Å². The monoisotopic (exact) mass is 397 g/mol. The minimum absolute atomic E-state index is 0.0893. The summed E-state index contributed by atoms with van der Waals surface area (Å²) >= 11 is 5.38. The molecule has 2 rings (SSSR count). The third-order valence-corrected chi connectivity index (χ3v) is 4.76. The molecule has 1 heterocycles. The third kappa shape index (κ3) is 7.48. The van der Waals surface area contributed by atoms with Crippen molar-refractivity contribution in [3.05, 3.63) is 30.1 Å². The molecule has 0 radical (unpaired) electrons. The molecule has 1 aromatic rings. The molecular formula is C18H26FN4O3S+. The predicted molar refractivity (Wildman–Crippen MR) is 104 cm³/mol. The summed E-state index contributed by atoms with van der Waals surface area (Å²) < 4.78 is 17.5. The third-order valence-electron chi connectivity index (χ3n) is 4.36. The number of carbonyl (C=O) groups is 2. The molecule has 0 spiro atoms. The topological polar surface area (TPSA) is 75.1 Å². The van der Waals surface area contributed by atoms with Gasteiger partial charge in [0.25, 0.3) is 5.91 Å². The second kappa shape index (κ2) is 10.8. The number of methoxy groups -OCH3 is 1. The van der Waals surface area contributed by atoms with Crippen molar-refractivity contribution in [3.8, 4) is 0 Å². The largest absolute Gasteiger partial charge is 0.469 e. The lowest BCUT2D eigenvalue weighted by molar-refractivity contribution is -0.895. The van der Waals surface area contributed by atoms with Gasteiger partial charge in [0.2, 0.25) is 0 Å². The molecule has 148 valence electrons. The molecule has 1 aromatic carbocycles. The van der Waals surface area contributed by atoms with Crippen LogP contribution in [-0.4, -0.2) is 68.3 Å². The van der Waals surface area contributed by atoms with Crippen molar-refractivity contribution in [1.29, 1.82) is 0 Å². The summed E-state index contributed by atoms with van der Waals surface area (Å²) in [5.41, 5.74) is 0.594. The SMILES string of the molecule is COC(=O)CCCNC(=S)N1CC[NH+](CC(=O)Nc2ccc(F)cc2)CC1. The number of nitrogens with zero attached hydrogens (tertiary/aromatic N) is 1. The van der Waals surface area contributed by atoms with E-state index in [-0.39, 0.29) is 17.7 Å². The van der Waals surface area contributed by atoms with Gasteiger partial charge in [0.15, 0.2) is 11.7 Å². The zero-order valence-corrected chi connectivity index (χ0v) is 16.2. The van der Waals surface area contributed by atoms with Gasteiger partial charge in [-0.25, -0.2) is 4.39 Å². The first kappa shape index (κ1) is 21.0. The van der Waals surface area contributed by atoms with E-state index < -0.39 is 0 Å². The first-order valence-corrected chi connectivity index (χ1v) is 9.37. The number of hydrogen-bond acceptors (Lipinski definition) is 4. The number of quaternary nitrogens is 1. The molecule has 0 aliphatic carbocycles. The summed E-state index contributed by atoms with van der Waals surface area (Å²) in [7, 11) is 1.38. The van der Waals surface area contributed by atoms with Gasteiger partial charge in [-0.15, -0.1) is 0 Å². The summed E-state index contributed by atoms with van der Waals surface area (Å²) in [4.78, 5) is 26.4. The van der Waals surface area contributed by atoms with E-state index in [1.807, 2.05) is 0 Å². The zero-order chi connectivity index (χ0) is 19.6. The molecule has 0 bridgehead atoms. The second-order valence-electron chi connectivity index (χ2n) is 6.38. The predicted octanol–water partition coefficient (Wildman–Crippen LogP) is -0.208. The fourth-order valence-electron chi connectivity index (χ4n) is 2.81. The van der Waals surface area contributed by atoms with Gasteiger partial charge in [0.05, 0.1) is 33.3 Å². The van der Waals surface area contributed by atoms with Crippen molar-refractivity contribution in [2.45, 2.75) is 12.8 Å². The molecule has 0 unspecified atom stereocenters. The molecule has 7 nitrogen and oxygen atoms in total. The van der Waals surface area contributed by atoms with Crippen molar-refractivity contribution in [2.75, 3.05) is 51.7 Å². The number of carbonyl (C=O) groups excluding carboxylic acids is 2. The number of piperazine rings is 1. The van der Waals surface area contributed by atoms with Gasteiger partial charge in [0.1, 0.15) is 5.82 Å². The van der Waals surface area contributed by atoms with Gasteiger partial charge >= 0.3 is 5.97 Å². The van der Waals surface area contributed by atoms with Gasteiger partial charge in [0, 0.05) is 18.7 Å². The van der Waals surface area contributed by atoms with Crippen molar-refractivity contribution in [3.63, 3.8) is 0 Å². The van der Waals surface area contributed by atoms with Crippen LogP contribution in [0, 0.1) is 5.82 Å². The van der Waals surface area contributed by atoms with Gasteiger partial charge in [-0.2, -0.15) is 0 Å². The first-order chi connectivity index (χ1) is 13.0. The van der Waals surface area contributed by atoms with Crippen molar-refractivity contribution in [2.24, 2.45) is 0 Å². The number of amides is 1. The molecule has 1 amide bonds. The van der Waals surface area contributed by atoms with Crippen LogP contribution in [0.5, 0.6) is 0 Å². The minimum atomic E-state index is -0.329. The van der Waals surface area contributed by atoms with Gasteiger partial charge < -0.3 is 25.2 Å². The highest BCUT2D eigenvalue weighted by Gasteiger charge is 2.23. The maximum Gasteiger partial charge on any atom is 0.305 e. The smallest absolute Gasteiger partial charge is 0.305 e. The van der Waals surface area contributed by atoms with E-state index >= 15 is 0 Å². The maximum atomic E-state index is 12.9. The molecule has 1 aliphatic heterocycles. The number of ether oxygens (including phenoxy) is 1. The highest BCUT2D eigenvalue weighted by atomic mass is 32.1. The maximum absolute atomic E-state index is 12.9. The van der Waals surface area contributed by atoms with Crippen LogP contribution in [0.4, 0.5) is 10.1 Å². The van der Waals surface area contributed by atoms with Crippen molar-refractivity contribution in [1.82, 2.24) is 10.2 Å². The Labute approximate surface area is 163 Å². The lowest BCUT2D eigenvalue weighted by Gasteiger charge is -2.33. The van der Waals surface area contributed by atoms with E-state index in [0.29, 0.717) is 36.7 Å². The Morgan fingerprint density at radius 1 is 1.26 bits per heavy atom. The van der Waals surface area contributed by atoms with E-state index in [4.69, 9.17) is 12.2 Å². The lowest BCUT2D eigenvalue weighted by atomic mass is 10.3. The Morgan fingerprint density at radius 2 is 1.93 bits per heavy atom. The number of thiocarbonyl (C=S) groups is 1. The van der Waals surface area contributed by atoms with E-state index in [0.717, 1.165) is 26.2 Å². The lowest BCUT2D eigenvalue weighted by Crippen LogP contribution is -3.15. The van der Waals surface area contributed by atoms with Gasteiger partial charge in [-0.05, 0) is 42.9 Å². The average Bonchev–Trinajstić information content (AvgIpc) is 2.67. The molecule has 1 aliphatic rings. The average molecular weight is 397 g/mol. The number of anilines is 1. The highest BCUT2D eigenvalue weighted by molar-refractivity contribution is 7.80. The van der Waals surface area contributed by atoms with Crippen LogP contribution < -0.4 is 15.5 Å². The Morgan fingerprint density at radius 3 is 2.56 bits per heavy atom. The van der Waals surface area contributed by atoms with Crippen LogP contribution >= 0.6 is 12.2 Å². The van der Waals surface area contributed by atoms with Crippen molar-refractivity contribution < 1.29 is 23.6 Å². The summed E-state index contributed by atoms with van der Waals surface area (Å²) in [6, 6.07) is 5.73. The van der Waals surface area contributed by atoms with Crippen LogP contribution in [0.2, 0.25) is 0 Å². The summed E-state index contributed by atoms with van der Waals surface area (Å²) in [5.74, 6) is -0.642. The fourth-order valence-corrected chi connectivity index (χ4v) is 3.09. The van der Waals surface area contributed by atoms with Crippen LogP contribution in [0.1, 0.15) is 12.8 Å². The highest BCUT2D eigenvalue weighted by Crippen LogP contribution is 2.07. The Balaban J connectivity index is 1.64. The van der Waals surface area contributed by atoms with Crippen LogP contribution in [-0.2, 0) is 14.3 Å². The molecule has 0 atom stereocenters.